The van der Waals surface area contributed by atoms with Gasteiger partial charge in [-0.25, -0.2) is 0 Å². The van der Waals surface area contributed by atoms with Gasteiger partial charge in [-0.1, -0.05) is 12.8 Å². The van der Waals surface area contributed by atoms with Crippen molar-refractivity contribution in [2.75, 3.05) is 19.7 Å². The summed E-state index contributed by atoms with van der Waals surface area (Å²) >= 11 is 0. The fourth-order valence-electron chi connectivity index (χ4n) is 1.80. The predicted octanol–water partition coefficient (Wildman–Crippen LogP) is 1.43. The Morgan fingerprint density at radius 1 is 1.67 bits per heavy atom. The summed E-state index contributed by atoms with van der Waals surface area (Å²) in [6.07, 6.45) is 8.85. The Hall–Kier alpha value is -1.01. The zero-order chi connectivity index (χ0) is 11.1. The number of carbonyl (C=O) groups is 1. The molecule has 1 aliphatic heterocycles. The van der Waals surface area contributed by atoms with Crippen LogP contribution in [0.3, 0.4) is 0 Å². The van der Waals surface area contributed by atoms with E-state index >= 15 is 0 Å². The van der Waals surface area contributed by atoms with Gasteiger partial charge in [-0.2, -0.15) is 0 Å². The molecule has 3 nitrogen and oxygen atoms in total. The molecule has 1 rings (SSSR count). The van der Waals surface area contributed by atoms with E-state index < -0.39 is 0 Å². The highest BCUT2D eigenvalue weighted by molar-refractivity contribution is 5.77. The monoisotopic (exact) mass is 209 g/mol. The van der Waals surface area contributed by atoms with E-state index in [1.807, 2.05) is 6.92 Å². The molecule has 0 bridgehead atoms. The molecule has 3 heteroatoms. The van der Waals surface area contributed by atoms with Crippen LogP contribution >= 0.6 is 0 Å². The maximum atomic E-state index is 11.8. The van der Waals surface area contributed by atoms with Gasteiger partial charge in [-0.15, -0.1) is 6.42 Å². The summed E-state index contributed by atoms with van der Waals surface area (Å²) in [5, 5.41) is 0. The third kappa shape index (κ3) is 3.93. The summed E-state index contributed by atoms with van der Waals surface area (Å²) < 4.78 is 5.43. The highest BCUT2D eigenvalue weighted by Gasteiger charge is 2.21. The lowest BCUT2D eigenvalue weighted by atomic mass is 10.1. The molecule has 0 spiro atoms. The van der Waals surface area contributed by atoms with Gasteiger partial charge in [0.2, 0.25) is 5.91 Å². The molecule has 1 unspecified atom stereocenters. The zero-order valence-corrected chi connectivity index (χ0v) is 9.37. The summed E-state index contributed by atoms with van der Waals surface area (Å²) in [7, 11) is 0. The molecule has 0 aliphatic carbocycles. The molecule has 1 fully saturated rings. The number of terminal acetylenes is 1. The van der Waals surface area contributed by atoms with Crippen molar-refractivity contribution < 1.29 is 9.53 Å². The van der Waals surface area contributed by atoms with E-state index in [2.05, 4.69) is 5.92 Å². The molecule has 0 aromatic heterocycles. The summed E-state index contributed by atoms with van der Waals surface area (Å²) in [6.45, 7) is 4.00. The average molecular weight is 209 g/mol. The van der Waals surface area contributed by atoms with Gasteiger partial charge in [-0.05, 0) is 19.3 Å². The van der Waals surface area contributed by atoms with Gasteiger partial charge >= 0.3 is 0 Å². The maximum Gasteiger partial charge on any atom is 0.225 e. The minimum atomic E-state index is 0.120. The molecule has 0 N–H and O–H groups in total. The maximum absolute atomic E-state index is 11.8. The summed E-state index contributed by atoms with van der Waals surface area (Å²) in [6, 6.07) is 0. The van der Waals surface area contributed by atoms with Crippen LogP contribution in [0.2, 0.25) is 0 Å². The normalized spacial score (nSPS) is 19.9. The standard InChI is InChI=1S/C12H19NO2/c1-3-7-13(8-4-2)12(14)10-11-6-5-9-15-11/h1,11H,4-10H2,2H3. The second-order valence-corrected chi connectivity index (χ2v) is 3.86. The lowest BCUT2D eigenvalue weighted by molar-refractivity contribution is -0.132. The molecule has 15 heavy (non-hydrogen) atoms. The van der Waals surface area contributed by atoms with Crippen molar-refractivity contribution in [1.82, 2.24) is 4.90 Å². The Balaban J connectivity index is 2.37. The van der Waals surface area contributed by atoms with E-state index in [9.17, 15) is 4.79 Å². The largest absolute Gasteiger partial charge is 0.378 e. The smallest absolute Gasteiger partial charge is 0.225 e. The zero-order valence-electron chi connectivity index (χ0n) is 9.37. The van der Waals surface area contributed by atoms with E-state index in [-0.39, 0.29) is 12.0 Å². The van der Waals surface area contributed by atoms with Crippen LogP contribution in [0.15, 0.2) is 0 Å². The van der Waals surface area contributed by atoms with Crippen LogP contribution in [0.1, 0.15) is 32.6 Å². The molecule has 0 aromatic carbocycles. The highest BCUT2D eigenvalue weighted by Crippen LogP contribution is 2.16. The molecule has 84 valence electrons. The molecular formula is C12H19NO2. The van der Waals surface area contributed by atoms with E-state index in [0.29, 0.717) is 13.0 Å². The fourth-order valence-corrected chi connectivity index (χ4v) is 1.80. The SMILES string of the molecule is C#CCN(CCC)C(=O)CC1CCCO1. The Labute approximate surface area is 91.8 Å². The lowest BCUT2D eigenvalue weighted by Crippen LogP contribution is -2.34. The molecule has 1 aliphatic rings. The molecule has 0 aromatic rings. The number of hydrogen-bond acceptors (Lipinski definition) is 2. The minimum Gasteiger partial charge on any atom is -0.378 e. The van der Waals surface area contributed by atoms with Crippen molar-refractivity contribution in [1.29, 1.82) is 0 Å². The summed E-state index contributed by atoms with van der Waals surface area (Å²) in [5.74, 6) is 2.65. The van der Waals surface area contributed by atoms with Gasteiger partial charge in [0.15, 0.2) is 0 Å². The Morgan fingerprint density at radius 2 is 2.47 bits per heavy atom. The van der Waals surface area contributed by atoms with Crippen molar-refractivity contribution in [3.8, 4) is 12.3 Å². The van der Waals surface area contributed by atoms with Crippen LogP contribution in [0.5, 0.6) is 0 Å². The highest BCUT2D eigenvalue weighted by atomic mass is 16.5. The average Bonchev–Trinajstić information content (AvgIpc) is 2.70. The summed E-state index contributed by atoms with van der Waals surface area (Å²) in [4.78, 5) is 13.6. The number of rotatable bonds is 5. The van der Waals surface area contributed by atoms with Crippen molar-refractivity contribution in [2.24, 2.45) is 0 Å². The van der Waals surface area contributed by atoms with Gasteiger partial charge in [0.1, 0.15) is 0 Å². The van der Waals surface area contributed by atoms with E-state index in [1.165, 1.54) is 0 Å². The molecule has 0 radical (unpaired) electrons. The Kier molecular flexibility index (Phi) is 5.20. The Morgan fingerprint density at radius 3 is 3.00 bits per heavy atom. The van der Waals surface area contributed by atoms with E-state index in [4.69, 9.17) is 11.2 Å². The number of hydrogen-bond donors (Lipinski definition) is 0. The fraction of sp³-hybridized carbons (Fsp3) is 0.750. The van der Waals surface area contributed by atoms with Gasteiger partial charge in [0.05, 0.1) is 19.1 Å². The van der Waals surface area contributed by atoms with Gasteiger partial charge in [0.25, 0.3) is 0 Å². The van der Waals surface area contributed by atoms with Crippen molar-refractivity contribution in [3.05, 3.63) is 0 Å². The van der Waals surface area contributed by atoms with Crippen LogP contribution in [-0.2, 0) is 9.53 Å². The second kappa shape index (κ2) is 6.47. The second-order valence-electron chi connectivity index (χ2n) is 3.86. The Bertz CT molecular complexity index is 238. The van der Waals surface area contributed by atoms with Crippen LogP contribution in [-0.4, -0.2) is 36.6 Å². The van der Waals surface area contributed by atoms with Crippen LogP contribution in [0.4, 0.5) is 0 Å². The molecular weight excluding hydrogens is 190 g/mol. The van der Waals surface area contributed by atoms with Crippen molar-refractivity contribution in [2.45, 2.75) is 38.7 Å². The first-order valence-corrected chi connectivity index (χ1v) is 5.60. The lowest BCUT2D eigenvalue weighted by Gasteiger charge is -2.21. The quantitative estimate of drug-likeness (QED) is 0.641. The van der Waals surface area contributed by atoms with Gasteiger partial charge < -0.3 is 9.64 Å². The minimum absolute atomic E-state index is 0.120. The molecule has 1 atom stereocenters. The third-order valence-electron chi connectivity index (χ3n) is 2.55. The summed E-state index contributed by atoms with van der Waals surface area (Å²) in [5.41, 5.74) is 0. The molecule has 1 saturated heterocycles. The van der Waals surface area contributed by atoms with Crippen LogP contribution < -0.4 is 0 Å². The first-order chi connectivity index (χ1) is 7.27. The molecule has 1 heterocycles. The van der Waals surface area contributed by atoms with E-state index in [0.717, 1.165) is 32.4 Å². The van der Waals surface area contributed by atoms with Crippen molar-refractivity contribution >= 4 is 5.91 Å². The first-order valence-electron chi connectivity index (χ1n) is 5.60. The molecule has 1 amide bonds. The molecule has 0 saturated carbocycles. The predicted molar refractivity (Wildman–Crippen MR) is 59.3 cm³/mol. The van der Waals surface area contributed by atoms with Gasteiger partial charge in [-0.3, -0.25) is 4.79 Å². The number of carbonyl (C=O) groups excluding carboxylic acids is 1. The van der Waals surface area contributed by atoms with Crippen LogP contribution in [0, 0.1) is 12.3 Å². The van der Waals surface area contributed by atoms with Gasteiger partial charge in [0, 0.05) is 13.2 Å². The van der Waals surface area contributed by atoms with E-state index in [1.54, 1.807) is 4.90 Å². The number of ether oxygens (including phenoxy) is 1. The number of amides is 1. The topological polar surface area (TPSA) is 29.5 Å². The third-order valence-corrected chi connectivity index (χ3v) is 2.55. The van der Waals surface area contributed by atoms with Crippen LogP contribution in [0.25, 0.3) is 0 Å². The number of nitrogens with zero attached hydrogens (tertiary/aromatic N) is 1. The van der Waals surface area contributed by atoms with Crippen molar-refractivity contribution in [3.63, 3.8) is 0 Å². The first kappa shape index (κ1) is 12.1.